The Labute approximate surface area is 437 Å². The molecule has 0 heterocycles. The van der Waals surface area contributed by atoms with Crippen LogP contribution in [0.5, 0.6) is 0 Å². The predicted molar refractivity (Wildman–Crippen MR) is 293 cm³/mol. The van der Waals surface area contributed by atoms with E-state index in [1.54, 1.807) is 12.2 Å². The zero-order chi connectivity index (χ0) is 52.4. The van der Waals surface area contributed by atoms with E-state index in [9.17, 15) is 0 Å². The zero-order valence-electron chi connectivity index (χ0n) is 41.3. The first-order valence-corrected chi connectivity index (χ1v) is 25.1. The van der Waals surface area contributed by atoms with Crippen molar-refractivity contribution in [2.75, 3.05) is 4.90 Å². The van der Waals surface area contributed by atoms with Gasteiger partial charge in [0.05, 0.1) is 16.5 Å². The molecule has 0 N–H and O–H groups in total. The molecule has 0 radical (unpaired) electrons. The van der Waals surface area contributed by atoms with Gasteiger partial charge in [-0.3, -0.25) is 0 Å². The van der Waals surface area contributed by atoms with Crippen molar-refractivity contribution < 1.29 is 26.3 Å². The molecular weight excluding hydrogens is 957 g/mol. The van der Waals surface area contributed by atoms with Gasteiger partial charge >= 0.3 is 0 Å². The van der Waals surface area contributed by atoms with Crippen molar-refractivity contribution in [2.24, 2.45) is 0 Å². The van der Waals surface area contributed by atoms with Crippen LogP contribution in [0.25, 0.3) is 45.5 Å². The fraction of sp³-hybridized carbons (Fsp3) is 0.0725. The first kappa shape index (κ1) is 46.8. The van der Waals surface area contributed by atoms with Crippen LogP contribution >= 0.6 is 0 Å². The van der Waals surface area contributed by atoms with Gasteiger partial charge in [-0.15, -0.1) is 0 Å². The van der Waals surface area contributed by atoms with Gasteiger partial charge in [0.25, 0.3) is 0 Å². The van der Waals surface area contributed by atoms with Crippen molar-refractivity contribution in [1.82, 2.24) is 0 Å². The van der Waals surface area contributed by atoms with Crippen LogP contribution in [0, 0.1) is 34.9 Å². The van der Waals surface area contributed by atoms with Crippen molar-refractivity contribution in [3.63, 3.8) is 0 Å². The number of fused-ring (bicyclic) bond motifs is 9. The maximum atomic E-state index is 17.1. The molecule has 3 aliphatic carbocycles. The minimum atomic E-state index is -1.66. The second kappa shape index (κ2) is 17.1. The van der Waals surface area contributed by atoms with E-state index in [0.717, 1.165) is 85.6 Å². The second-order valence-corrected chi connectivity index (χ2v) is 20.4. The van der Waals surface area contributed by atoms with Gasteiger partial charge in [-0.2, -0.15) is 0 Å². The van der Waals surface area contributed by atoms with E-state index >= 15 is 26.3 Å². The molecule has 0 amide bonds. The number of anilines is 3. The zero-order valence-corrected chi connectivity index (χ0v) is 41.3. The summed E-state index contributed by atoms with van der Waals surface area (Å²) >= 11 is 0. The Hall–Kier alpha value is -8.94. The number of hydrogen-bond acceptors (Lipinski definition) is 1. The first-order chi connectivity index (χ1) is 36.8. The monoisotopic (exact) mass is 1000 g/mol. The lowest BCUT2D eigenvalue weighted by Crippen LogP contribution is -2.32. The molecule has 7 heteroatoms. The fourth-order valence-electron chi connectivity index (χ4n) is 13.2. The summed E-state index contributed by atoms with van der Waals surface area (Å²) in [7, 11) is 0. The molecule has 76 heavy (non-hydrogen) atoms. The highest BCUT2D eigenvalue weighted by Gasteiger charge is 2.52. The van der Waals surface area contributed by atoms with Gasteiger partial charge in [0.1, 0.15) is 34.9 Å². The molecule has 2 unspecified atom stereocenters. The molecule has 0 bridgehead atoms. The summed E-state index contributed by atoms with van der Waals surface area (Å²) in [5.41, 5.74) is 9.53. The van der Waals surface area contributed by atoms with Gasteiger partial charge < -0.3 is 4.90 Å². The van der Waals surface area contributed by atoms with Crippen LogP contribution in [0.15, 0.2) is 213 Å². The molecular formula is C69H45F6N. The highest BCUT2D eigenvalue weighted by atomic mass is 19.2. The molecule has 0 aliphatic heterocycles. The molecule has 3 aliphatic rings. The van der Waals surface area contributed by atoms with Crippen LogP contribution in [0.3, 0.4) is 0 Å². The Morgan fingerprint density at radius 3 is 1.14 bits per heavy atom. The molecule has 368 valence electrons. The molecule has 0 fully saturated rings. The Balaban J connectivity index is 1.15. The minimum absolute atomic E-state index is 0.335. The van der Waals surface area contributed by atoms with Gasteiger partial charge in [0, 0.05) is 52.2 Å². The Bertz CT molecular complexity index is 3840. The maximum Gasteiger partial charge on any atom is 0.133 e. The van der Waals surface area contributed by atoms with E-state index in [1.165, 1.54) is 0 Å². The fourth-order valence-corrected chi connectivity index (χ4v) is 13.2. The van der Waals surface area contributed by atoms with E-state index < -0.39 is 51.1 Å². The lowest BCUT2D eigenvalue weighted by molar-refractivity contribution is 0.502. The summed E-state index contributed by atoms with van der Waals surface area (Å²) < 4.78 is 98.7. The topological polar surface area (TPSA) is 3.24 Å². The molecule has 1 nitrogen and oxygen atoms in total. The highest BCUT2D eigenvalue weighted by molar-refractivity contribution is 5.95. The third-order valence-electron chi connectivity index (χ3n) is 16.3. The molecule has 0 aromatic heterocycles. The first-order valence-electron chi connectivity index (χ1n) is 25.1. The van der Waals surface area contributed by atoms with Gasteiger partial charge in [0.15, 0.2) is 0 Å². The van der Waals surface area contributed by atoms with Crippen molar-refractivity contribution in [3.05, 3.63) is 315 Å². The quantitative estimate of drug-likeness (QED) is 0.130. The number of benzene rings is 10. The molecule has 2 atom stereocenters. The molecule has 0 saturated heterocycles. The highest BCUT2D eigenvalue weighted by Crippen LogP contribution is 2.62. The Morgan fingerprint density at radius 2 is 0.724 bits per heavy atom. The number of hydrogen-bond donors (Lipinski definition) is 0. The largest absolute Gasteiger partial charge is 0.310 e. The van der Waals surface area contributed by atoms with E-state index in [4.69, 9.17) is 0 Å². The van der Waals surface area contributed by atoms with Crippen LogP contribution in [0.1, 0.15) is 80.6 Å². The third kappa shape index (κ3) is 6.41. The molecule has 10 aromatic rings. The second-order valence-electron chi connectivity index (χ2n) is 20.4. The third-order valence-corrected chi connectivity index (χ3v) is 16.3. The average Bonchev–Trinajstić information content (AvgIpc) is 4.01. The van der Waals surface area contributed by atoms with Crippen molar-refractivity contribution in [2.45, 2.75) is 30.1 Å². The van der Waals surface area contributed by atoms with Crippen molar-refractivity contribution >= 4 is 29.2 Å². The standard InChI is InChI=1S/C69H45F6N/c1-5-40-22-26-42(27-23-40)68(65-59(72)34-44(70)35-60(65)73)55-19-11-8-14-48(55)51-32-30-46(38-57(51)68)76(63-21-13-17-53-50-16-7-10-18-54(50)67(3,4)64(53)63)47-31-33-52-49-15-9-12-20-56(49)69(58(52)39-47,43-28-24-41(6-2)25-29-43)66-61(74)36-45(71)37-62(66)75/h5-39H,1-2H2,3-4H3. The predicted octanol–water partition coefficient (Wildman–Crippen LogP) is 18.3. The molecule has 10 aromatic carbocycles. The number of rotatable bonds is 9. The van der Waals surface area contributed by atoms with Crippen molar-refractivity contribution in [1.29, 1.82) is 0 Å². The van der Waals surface area contributed by atoms with Crippen LogP contribution in [0.4, 0.5) is 43.4 Å². The van der Waals surface area contributed by atoms with Crippen LogP contribution < -0.4 is 4.90 Å². The number of nitrogens with zero attached hydrogens (tertiary/aromatic N) is 1. The SMILES string of the molecule is C=Cc1ccc(C2(c3c(F)cc(F)cc3F)c3ccccc3-c3ccc(N(c4ccc5c(c4)C(c4ccc(C=C)cc4)(c4c(F)cc(F)cc4F)c4ccccc4-5)c4cccc5c4C(C)(C)c4ccccc4-5)cc32)cc1. The van der Waals surface area contributed by atoms with Gasteiger partial charge in [0.2, 0.25) is 0 Å². The lowest BCUT2D eigenvalue weighted by atomic mass is 9.67. The van der Waals surface area contributed by atoms with Gasteiger partial charge in [-0.1, -0.05) is 185 Å². The maximum absolute atomic E-state index is 17.1. The van der Waals surface area contributed by atoms with E-state index in [2.05, 4.69) is 56.2 Å². The average molecular weight is 1000 g/mol. The summed E-state index contributed by atoms with van der Waals surface area (Å²) in [6, 6.07) is 59.0. The van der Waals surface area contributed by atoms with Crippen molar-refractivity contribution in [3.8, 4) is 33.4 Å². The molecule has 0 spiro atoms. The summed E-state index contributed by atoms with van der Waals surface area (Å²) in [5.74, 6) is -6.29. The van der Waals surface area contributed by atoms with E-state index in [1.807, 2.05) is 152 Å². The lowest BCUT2D eigenvalue weighted by Gasteiger charge is -2.37. The smallest absolute Gasteiger partial charge is 0.133 e. The molecule has 0 saturated carbocycles. The summed E-state index contributed by atoms with van der Waals surface area (Å²) in [6.45, 7) is 12.3. The Morgan fingerprint density at radius 1 is 0.355 bits per heavy atom. The summed E-state index contributed by atoms with van der Waals surface area (Å²) in [5, 5.41) is 0. The van der Waals surface area contributed by atoms with E-state index in [0.29, 0.717) is 44.8 Å². The van der Waals surface area contributed by atoms with E-state index in [-0.39, 0.29) is 11.1 Å². The summed E-state index contributed by atoms with van der Waals surface area (Å²) in [4.78, 5) is 2.12. The van der Waals surface area contributed by atoms with Gasteiger partial charge in [-0.05, 0) is 119 Å². The molecule has 13 rings (SSSR count). The van der Waals surface area contributed by atoms with Crippen LogP contribution in [0.2, 0.25) is 0 Å². The minimum Gasteiger partial charge on any atom is -0.310 e. The Kier molecular flexibility index (Phi) is 10.5. The van der Waals surface area contributed by atoms with Gasteiger partial charge in [-0.25, -0.2) is 26.3 Å². The number of halogens is 6. The van der Waals surface area contributed by atoms with Crippen LogP contribution in [-0.4, -0.2) is 0 Å². The normalized spacial score (nSPS) is 17.0. The summed E-state index contributed by atoms with van der Waals surface area (Å²) in [6.07, 6.45) is 3.39. The van der Waals surface area contributed by atoms with Crippen LogP contribution in [-0.2, 0) is 16.2 Å².